The molecular formula is C17H18ClNO3. The molecule has 0 heterocycles. The average molecular weight is 320 g/mol. The second-order valence-corrected chi connectivity index (χ2v) is 5.07. The second-order valence-electron chi connectivity index (χ2n) is 4.66. The number of carbonyl (C=O) groups excluding carboxylic acids is 1. The summed E-state index contributed by atoms with van der Waals surface area (Å²) < 4.78 is 10.8. The Balaban J connectivity index is 2.03. The number of amides is 1. The zero-order valence-electron chi connectivity index (χ0n) is 12.5. The molecule has 4 nitrogen and oxygen atoms in total. The van der Waals surface area contributed by atoms with Crippen LogP contribution in [0.4, 0.5) is 5.69 Å². The molecule has 0 fully saturated rings. The predicted octanol–water partition coefficient (Wildman–Crippen LogP) is 4.14. The molecule has 0 aliphatic carbocycles. The molecule has 0 bridgehead atoms. The molecule has 116 valence electrons. The van der Waals surface area contributed by atoms with Gasteiger partial charge in [0, 0.05) is 5.69 Å². The van der Waals surface area contributed by atoms with E-state index in [2.05, 4.69) is 5.32 Å². The molecule has 0 aliphatic rings. The summed E-state index contributed by atoms with van der Waals surface area (Å²) in [6.07, 6.45) is -0.0743. The summed E-state index contributed by atoms with van der Waals surface area (Å²) in [6, 6.07) is 14.2. The van der Waals surface area contributed by atoms with Gasteiger partial charge in [0.05, 0.1) is 12.1 Å². The molecule has 2 aromatic rings. The molecule has 5 heteroatoms. The standard InChI is InChI=1S/C17H18ClNO3/c1-3-15(22-16-7-5-4-6-14(16)18)17(20)19-12-8-10-13(21-2)11-9-12/h4-11,15H,3H2,1-2H3,(H,19,20)/t15-/m1/s1. The highest BCUT2D eigenvalue weighted by Crippen LogP contribution is 2.25. The van der Waals surface area contributed by atoms with Gasteiger partial charge in [-0.1, -0.05) is 30.7 Å². The molecule has 22 heavy (non-hydrogen) atoms. The van der Waals surface area contributed by atoms with Crippen molar-refractivity contribution in [3.05, 3.63) is 53.6 Å². The minimum atomic E-state index is -0.609. The van der Waals surface area contributed by atoms with Crippen molar-refractivity contribution >= 4 is 23.2 Å². The third-order valence-electron chi connectivity index (χ3n) is 3.13. The second kappa shape index (κ2) is 7.71. The predicted molar refractivity (Wildman–Crippen MR) is 87.8 cm³/mol. The van der Waals surface area contributed by atoms with Gasteiger partial charge in [-0.05, 0) is 42.8 Å². The fraction of sp³-hybridized carbons (Fsp3) is 0.235. The summed E-state index contributed by atoms with van der Waals surface area (Å²) in [7, 11) is 1.60. The lowest BCUT2D eigenvalue weighted by atomic mass is 10.2. The number of carbonyl (C=O) groups is 1. The van der Waals surface area contributed by atoms with E-state index in [1.807, 2.05) is 19.1 Å². The summed E-state index contributed by atoms with van der Waals surface area (Å²) in [5.41, 5.74) is 0.687. The highest BCUT2D eigenvalue weighted by Gasteiger charge is 2.19. The van der Waals surface area contributed by atoms with Crippen LogP contribution < -0.4 is 14.8 Å². The quantitative estimate of drug-likeness (QED) is 0.870. The van der Waals surface area contributed by atoms with Crippen LogP contribution in [0.5, 0.6) is 11.5 Å². The Morgan fingerprint density at radius 3 is 2.45 bits per heavy atom. The number of ether oxygens (including phenoxy) is 2. The Bertz CT molecular complexity index is 628. The van der Waals surface area contributed by atoms with Gasteiger partial charge < -0.3 is 14.8 Å². The fourth-order valence-corrected chi connectivity index (χ4v) is 2.09. The third kappa shape index (κ3) is 4.15. The molecule has 0 aromatic heterocycles. The molecule has 1 N–H and O–H groups in total. The number of rotatable bonds is 6. The molecule has 2 rings (SSSR count). The number of hydrogen-bond acceptors (Lipinski definition) is 3. The first-order valence-corrected chi connectivity index (χ1v) is 7.38. The molecule has 2 aromatic carbocycles. The monoisotopic (exact) mass is 319 g/mol. The average Bonchev–Trinajstić information content (AvgIpc) is 2.54. The van der Waals surface area contributed by atoms with Crippen molar-refractivity contribution in [2.75, 3.05) is 12.4 Å². The van der Waals surface area contributed by atoms with E-state index in [0.717, 1.165) is 5.75 Å². The fourth-order valence-electron chi connectivity index (χ4n) is 1.91. The van der Waals surface area contributed by atoms with E-state index in [-0.39, 0.29) is 5.91 Å². The topological polar surface area (TPSA) is 47.6 Å². The van der Waals surface area contributed by atoms with E-state index in [9.17, 15) is 4.79 Å². The Hall–Kier alpha value is -2.20. The Morgan fingerprint density at radius 1 is 1.18 bits per heavy atom. The van der Waals surface area contributed by atoms with Crippen LogP contribution in [0.15, 0.2) is 48.5 Å². The van der Waals surface area contributed by atoms with E-state index in [4.69, 9.17) is 21.1 Å². The molecule has 0 saturated carbocycles. The third-order valence-corrected chi connectivity index (χ3v) is 3.44. The van der Waals surface area contributed by atoms with Gasteiger partial charge in [-0.2, -0.15) is 0 Å². The first-order valence-electron chi connectivity index (χ1n) is 7.00. The van der Waals surface area contributed by atoms with Gasteiger partial charge in [-0.25, -0.2) is 0 Å². The number of anilines is 1. The Morgan fingerprint density at radius 2 is 1.86 bits per heavy atom. The number of benzene rings is 2. The van der Waals surface area contributed by atoms with E-state index >= 15 is 0 Å². The maximum atomic E-state index is 12.3. The highest BCUT2D eigenvalue weighted by atomic mass is 35.5. The van der Waals surface area contributed by atoms with Crippen LogP contribution in [0.2, 0.25) is 5.02 Å². The van der Waals surface area contributed by atoms with E-state index in [1.54, 1.807) is 43.5 Å². The highest BCUT2D eigenvalue weighted by molar-refractivity contribution is 6.32. The van der Waals surface area contributed by atoms with Crippen molar-refractivity contribution < 1.29 is 14.3 Å². The van der Waals surface area contributed by atoms with E-state index in [0.29, 0.717) is 22.9 Å². The number of hydrogen-bond donors (Lipinski definition) is 1. The molecule has 0 spiro atoms. The maximum Gasteiger partial charge on any atom is 0.265 e. The number of halogens is 1. The van der Waals surface area contributed by atoms with Gasteiger partial charge in [0.1, 0.15) is 11.5 Å². The van der Waals surface area contributed by atoms with E-state index in [1.165, 1.54) is 0 Å². The zero-order chi connectivity index (χ0) is 15.9. The molecular weight excluding hydrogens is 302 g/mol. The molecule has 0 unspecified atom stereocenters. The maximum absolute atomic E-state index is 12.3. The summed E-state index contributed by atoms with van der Waals surface area (Å²) in [6.45, 7) is 1.88. The zero-order valence-corrected chi connectivity index (χ0v) is 13.3. The van der Waals surface area contributed by atoms with Crippen molar-refractivity contribution in [2.45, 2.75) is 19.4 Å². The van der Waals surface area contributed by atoms with E-state index < -0.39 is 6.10 Å². The van der Waals surface area contributed by atoms with Crippen LogP contribution in [0.3, 0.4) is 0 Å². The van der Waals surface area contributed by atoms with Crippen LogP contribution in [-0.2, 0) is 4.79 Å². The Labute approximate surface area is 135 Å². The minimum Gasteiger partial charge on any atom is -0.497 e. The normalized spacial score (nSPS) is 11.6. The van der Waals surface area contributed by atoms with Crippen molar-refractivity contribution in [2.24, 2.45) is 0 Å². The van der Waals surface area contributed by atoms with Gasteiger partial charge in [0.15, 0.2) is 6.10 Å². The van der Waals surface area contributed by atoms with Gasteiger partial charge in [0.2, 0.25) is 0 Å². The van der Waals surface area contributed by atoms with Crippen LogP contribution in [0.1, 0.15) is 13.3 Å². The van der Waals surface area contributed by atoms with Gasteiger partial charge >= 0.3 is 0 Å². The summed E-state index contributed by atoms with van der Waals surface area (Å²) in [4.78, 5) is 12.3. The summed E-state index contributed by atoms with van der Waals surface area (Å²) in [5, 5.41) is 3.31. The lowest BCUT2D eigenvalue weighted by molar-refractivity contribution is -0.122. The van der Waals surface area contributed by atoms with Crippen LogP contribution in [-0.4, -0.2) is 19.1 Å². The Kier molecular flexibility index (Phi) is 5.67. The summed E-state index contributed by atoms with van der Waals surface area (Å²) in [5.74, 6) is 1.02. The molecule has 0 saturated heterocycles. The first-order chi connectivity index (χ1) is 10.6. The van der Waals surface area contributed by atoms with Gasteiger partial charge in [-0.15, -0.1) is 0 Å². The lowest BCUT2D eigenvalue weighted by Crippen LogP contribution is -2.32. The van der Waals surface area contributed by atoms with Crippen molar-refractivity contribution in [1.29, 1.82) is 0 Å². The SMILES string of the molecule is CC[C@@H](Oc1ccccc1Cl)C(=O)Nc1ccc(OC)cc1. The molecule has 0 radical (unpaired) electrons. The van der Waals surface area contributed by atoms with Crippen LogP contribution in [0.25, 0.3) is 0 Å². The molecule has 1 atom stereocenters. The molecule has 0 aliphatic heterocycles. The lowest BCUT2D eigenvalue weighted by Gasteiger charge is -2.18. The van der Waals surface area contributed by atoms with Crippen molar-refractivity contribution in [1.82, 2.24) is 0 Å². The van der Waals surface area contributed by atoms with Crippen molar-refractivity contribution in [3.8, 4) is 11.5 Å². The minimum absolute atomic E-state index is 0.215. The first kappa shape index (κ1) is 16.2. The van der Waals surface area contributed by atoms with Gasteiger partial charge in [0.25, 0.3) is 5.91 Å². The van der Waals surface area contributed by atoms with Gasteiger partial charge in [-0.3, -0.25) is 4.79 Å². The molecule has 1 amide bonds. The van der Waals surface area contributed by atoms with Crippen LogP contribution in [0, 0.1) is 0 Å². The summed E-state index contributed by atoms with van der Waals surface area (Å²) >= 11 is 6.05. The van der Waals surface area contributed by atoms with Crippen molar-refractivity contribution in [3.63, 3.8) is 0 Å². The largest absolute Gasteiger partial charge is 0.497 e. The number of para-hydroxylation sites is 1. The van der Waals surface area contributed by atoms with Crippen LogP contribution >= 0.6 is 11.6 Å². The number of methoxy groups -OCH3 is 1. The number of nitrogens with one attached hydrogen (secondary N) is 1. The smallest absolute Gasteiger partial charge is 0.265 e.